The van der Waals surface area contributed by atoms with Gasteiger partial charge in [-0.25, -0.2) is 0 Å². The zero-order valence-corrected chi connectivity index (χ0v) is 20.3. The number of allylic oxidation sites excluding steroid dienone is 1. The number of ether oxygens (including phenoxy) is 2. The monoisotopic (exact) mass is 422 g/mol. The second kappa shape index (κ2) is 7.65. The number of rotatable bonds is 3. The van der Waals surface area contributed by atoms with E-state index >= 15 is 0 Å². The van der Waals surface area contributed by atoms with Crippen LogP contribution < -0.4 is 4.74 Å². The van der Waals surface area contributed by atoms with Crippen LogP contribution in [0, 0.1) is 28.6 Å². The average molecular weight is 423 g/mol. The third-order valence-corrected chi connectivity index (χ3v) is 9.51. The molecular weight excluding hydrogens is 380 g/mol. The molecule has 4 aliphatic rings. The highest BCUT2D eigenvalue weighted by Gasteiger charge is 2.59. The molecule has 0 amide bonds. The van der Waals surface area contributed by atoms with Gasteiger partial charge in [0.1, 0.15) is 11.9 Å². The highest BCUT2D eigenvalue weighted by atomic mass is 16.5. The van der Waals surface area contributed by atoms with Gasteiger partial charge in [0.15, 0.2) is 0 Å². The number of hydrogen-bond donors (Lipinski definition) is 0. The lowest BCUT2D eigenvalue weighted by molar-refractivity contribution is -0.0971. The molecule has 3 saturated carbocycles. The Morgan fingerprint density at radius 2 is 1.68 bits per heavy atom. The molecule has 7 atom stereocenters. The predicted molar refractivity (Wildman–Crippen MR) is 127 cm³/mol. The summed E-state index contributed by atoms with van der Waals surface area (Å²) < 4.78 is 13.0. The van der Waals surface area contributed by atoms with Gasteiger partial charge in [-0.05, 0) is 107 Å². The first-order chi connectivity index (χ1) is 14.7. The summed E-state index contributed by atoms with van der Waals surface area (Å²) in [7, 11) is 0. The van der Waals surface area contributed by atoms with Gasteiger partial charge >= 0.3 is 0 Å². The van der Waals surface area contributed by atoms with Crippen LogP contribution in [0.1, 0.15) is 86.0 Å². The van der Waals surface area contributed by atoms with Gasteiger partial charge in [-0.15, -0.1) is 0 Å². The Morgan fingerprint density at radius 3 is 2.42 bits per heavy atom. The van der Waals surface area contributed by atoms with Gasteiger partial charge in [0.05, 0.1) is 11.7 Å². The minimum Gasteiger partial charge on any atom is -0.490 e. The van der Waals surface area contributed by atoms with Crippen molar-refractivity contribution in [3.05, 3.63) is 42.0 Å². The van der Waals surface area contributed by atoms with Gasteiger partial charge in [0, 0.05) is 5.41 Å². The van der Waals surface area contributed by atoms with E-state index in [0.717, 1.165) is 29.9 Å². The molecule has 2 heteroatoms. The van der Waals surface area contributed by atoms with Crippen LogP contribution in [0.3, 0.4) is 0 Å². The molecule has 2 nitrogen and oxygen atoms in total. The molecule has 0 aliphatic heterocycles. The second-order valence-electron chi connectivity index (χ2n) is 12.4. The average Bonchev–Trinajstić information content (AvgIpc) is 3.04. The molecular formula is C29H42O2. The lowest BCUT2D eigenvalue weighted by atomic mass is 9.48. The van der Waals surface area contributed by atoms with Crippen molar-refractivity contribution in [1.82, 2.24) is 0 Å². The van der Waals surface area contributed by atoms with Crippen LogP contribution in [0.5, 0.6) is 5.75 Å². The molecule has 0 heterocycles. The van der Waals surface area contributed by atoms with Crippen LogP contribution in [-0.2, 0) is 4.74 Å². The topological polar surface area (TPSA) is 18.5 Å². The number of para-hydroxylation sites is 1. The lowest BCUT2D eigenvalue weighted by Gasteiger charge is -2.58. The Bertz CT molecular complexity index is 821. The molecule has 5 rings (SSSR count). The SMILES string of the molecule is CC(C)(C)O[C@H]1CC[C@@]2(C)C(=CC[C@@H]3[C@H]4CC[C@@H](Oc5ccccc5)[C@@]4(C)CC[C@H]32)C1. The van der Waals surface area contributed by atoms with Gasteiger partial charge < -0.3 is 9.47 Å². The van der Waals surface area contributed by atoms with Crippen molar-refractivity contribution in [3.8, 4) is 5.75 Å². The molecule has 1 aromatic rings. The Kier molecular flexibility index (Phi) is 5.32. The Hall–Kier alpha value is -1.28. The third-order valence-electron chi connectivity index (χ3n) is 9.51. The molecule has 4 aliphatic carbocycles. The molecule has 0 bridgehead atoms. The Morgan fingerprint density at radius 1 is 0.903 bits per heavy atom. The van der Waals surface area contributed by atoms with Crippen molar-refractivity contribution in [1.29, 1.82) is 0 Å². The van der Waals surface area contributed by atoms with E-state index in [2.05, 4.69) is 71.0 Å². The molecule has 31 heavy (non-hydrogen) atoms. The maximum absolute atomic E-state index is 6.59. The first kappa shape index (κ1) is 21.6. The zero-order valence-electron chi connectivity index (χ0n) is 20.3. The van der Waals surface area contributed by atoms with Crippen LogP contribution >= 0.6 is 0 Å². The summed E-state index contributed by atoms with van der Waals surface area (Å²) in [4.78, 5) is 0. The second-order valence-corrected chi connectivity index (χ2v) is 12.4. The molecule has 1 aromatic carbocycles. The zero-order chi connectivity index (χ0) is 21.9. The van der Waals surface area contributed by atoms with Crippen LogP contribution in [0.25, 0.3) is 0 Å². The first-order valence-corrected chi connectivity index (χ1v) is 12.8. The molecule has 0 radical (unpaired) electrons. The van der Waals surface area contributed by atoms with Crippen molar-refractivity contribution < 1.29 is 9.47 Å². The van der Waals surface area contributed by atoms with Gasteiger partial charge in [-0.3, -0.25) is 0 Å². The molecule has 0 spiro atoms. The van der Waals surface area contributed by atoms with Crippen molar-refractivity contribution >= 4 is 0 Å². The van der Waals surface area contributed by atoms with E-state index in [1.165, 1.54) is 44.9 Å². The summed E-state index contributed by atoms with van der Waals surface area (Å²) >= 11 is 0. The number of hydrogen-bond acceptors (Lipinski definition) is 2. The molecule has 170 valence electrons. The molecule has 3 fully saturated rings. The largest absolute Gasteiger partial charge is 0.490 e. The highest BCUT2D eigenvalue weighted by Crippen LogP contribution is 2.65. The van der Waals surface area contributed by atoms with Crippen molar-refractivity contribution in [2.24, 2.45) is 28.6 Å². The third kappa shape index (κ3) is 3.77. The van der Waals surface area contributed by atoms with Gasteiger partial charge in [0.25, 0.3) is 0 Å². The minimum atomic E-state index is -0.0412. The highest BCUT2D eigenvalue weighted by molar-refractivity contribution is 5.26. The van der Waals surface area contributed by atoms with E-state index in [0.29, 0.717) is 23.0 Å². The van der Waals surface area contributed by atoms with E-state index in [1.807, 2.05) is 0 Å². The van der Waals surface area contributed by atoms with E-state index in [-0.39, 0.29) is 5.60 Å². The van der Waals surface area contributed by atoms with Gasteiger partial charge in [0.2, 0.25) is 0 Å². The van der Waals surface area contributed by atoms with E-state index in [9.17, 15) is 0 Å². The fourth-order valence-electron chi connectivity index (χ4n) is 8.04. The molecule has 0 N–H and O–H groups in total. The predicted octanol–water partition coefficient (Wildman–Crippen LogP) is 7.58. The van der Waals surface area contributed by atoms with Crippen LogP contribution in [-0.4, -0.2) is 17.8 Å². The molecule has 0 saturated heterocycles. The summed E-state index contributed by atoms with van der Waals surface area (Å²) in [6.07, 6.45) is 13.6. The number of benzene rings is 1. The summed E-state index contributed by atoms with van der Waals surface area (Å²) in [5.41, 5.74) is 2.39. The summed E-state index contributed by atoms with van der Waals surface area (Å²) in [6.45, 7) is 11.7. The maximum Gasteiger partial charge on any atom is 0.119 e. The fraction of sp³-hybridized carbons (Fsp3) is 0.724. The summed E-state index contributed by atoms with van der Waals surface area (Å²) in [6, 6.07) is 10.5. The minimum absolute atomic E-state index is 0.0412. The first-order valence-electron chi connectivity index (χ1n) is 12.8. The van der Waals surface area contributed by atoms with Crippen LogP contribution in [0.2, 0.25) is 0 Å². The fourth-order valence-corrected chi connectivity index (χ4v) is 8.04. The van der Waals surface area contributed by atoms with Crippen LogP contribution in [0.4, 0.5) is 0 Å². The Balaban J connectivity index is 1.34. The number of fused-ring (bicyclic) bond motifs is 5. The lowest BCUT2D eigenvalue weighted by Crippen LogP contribution is -2.52. The standard InChI is InChI=1S/C29H42O2/c1-27(2,3)31-22-15-17-28(4)20(19-22)11-12-23-24-13-14-26(29(24,5)18-16-25(23)28)30-21-9-7-6-8-10-21/h6-11,22-26H,12-19H2,1-5H3/t22-,23+,24+,25+,26+,28-,29-/m0/s1. The molecule has 0 aromatic heterocycles. The smallest absolute Gasteiger partial charge is 0.119 e. The Labute approximate surface area is 189 Å². The van der Waals surface area contributed by atoms with Crippen molar-refractivity contribution in [2.45, 2.75) is 104 Å². The van der Waals surface area contributed by atoms with E-state index < -0.39 is 0 Å². The molecule has 0 unspecified atom stereocenters. The van der Waals surface area contributed by atoms with E-state index in [1.54, 1.807) is 5.57 Å². The van der Waals surface area contributed by atoms with Crippen molar-refractivity contribution in [3.63, 3.8) is 0 Å². The summed E-state index contributed by atoms with van der Waals surface area (Å²) in [5.74, 6) is 3.53. The maximum atomic E-state index is 6.59. The van der Waals surface area contributed by atoms with Gasteiger partial charge in [-0.1, -0.05) is 43.7 Å². The normalized spacial score (nSPS) is 42.2. The van der Waals surface area contributed by atoms with Crippen LogP contribution in [0.15, 0.2) is 42.0 Å². The quantitative estimate of drug-likeness (QED) is 0.467. The van der Waals surface area contributed by atoms with Gasteiger partial charge in [-0.2, -0.15) is 0 Å². The summed E-state index contributed by atoms with van der Waals surface area (Å²) in [5, 5.41) is 0. The van der Waals surface area contributed by atoms with Crippen molar-refractivity contribution in [2.75, 3.05) is 0 Å². The van der Waals surface area contributed by atoms with E-state index in [4.69, 9.17) is 9.47 Å².